The third-order valence-corrected chi connectivity index (χ3v) is 3.16. The zero-order valence-corrected chi connectivity index (χ0v) is 9.67. The molecule has 4 atom stereocenters. The van der Waals surface area contributed by atoms with Crippen LogP contribution in [0.5, 0.6) is 0 Å². The molecule has 9 nitrogen and oxygen atoms in total. The number of aliphatic hydroxyl groups excluding tert-OH is 3. The van der Waals surface area contributed by atoms with Crippen LogP contribution < -0.4 is 5.56 Å². The van der Waals surface area contributed by atoms with Crippen LogP contribution in [-0.2, 0) is 4.74 Å². The number of nitrogens with zero attached hydrogens (tertiary/aromatic N) is 3. The minimum absolute atomic E-state index is 0.111. The zero-order valence-electron chi connectivity index (χ0n) is 9.67. The molecule has 0 spiro atoms. The van der Waals surface area contributed by atoms with Gasteiger partial charge in [0.15, 0.2) is 17.4 Å². The third kappa shape index (κ3) is 1.75. The van der Waals surface area contributed by atoms with E-state index >= 15 is 0 Å². The number of fused-ring (bicyclic) bond motifs is 1. The standard InChI is InChI=1S/C10H12N4O5/c15-1-4-6(16)7(17)10(19-4)14-3-13-5-8(14)11-2-12-9(5)18/h2-4,6-7,10,15-17H,1H2,(H,11,12,18)/t4-,6+,7?,10-/m1/s1/i5+1,8+1,9+1. The monoisotopic (exact) mass is 271 g/mol. The highest BCUT2D eigenvalue weighted by molar-refractivity contribution is 5.68. The molecule has 3 heterocycles. The lowest BCUT2D eigenvalue weighted by atomic mass is 10.1. The first-order valence-corrected chi connectivity index (χ1v) is 5.66. The van der Waals surface area contributed by atoms with Gasteiger partial charge in [0.05, 0.1) is 19.3 Å². The largest absolute Gasteiger partial charge is 0.394 e. The lowest BCUT2D eigenvalue weighted by Gasteiger charge is -2.16. The quantitative estimate of drug-likeness (QED) is 0.484. The van der Waals surface area contributed by atoms with Gasteiger partial charge in [-0.15, -0.1) is 0 Å². The van der Waals surface area contributed by atoms with Crippen LogP contribution in [0.2, 0.25) is 0 Å². The van der Waals surface area contributed by atoms with E-state index in [1.165, 1.54) is 17.2 Å². The van der Waals surface area contributed by atoms with Crippen LogP contribution in [0, 0.1) is 0 Å². The number of imidazole rings is 1. The van der Waals surface area contributed by atoms with Gasteiger partial charge in [0.1, 0.15) is 18.3 Å². The molecule has 0 aliphatic carbocycles. The van der Waals surface area contributed by atoms with Crippen molar-refractivity contribution in [3.63, 3.8) is 0 Å². The van der Waals surface area contributed by atoms with E-state index in [-0.39, 0.29) is 11.2 Å². The van der Waals surface area contributed by atoms with E-state index in [1.54, 1.807) is 0 Å². The second-order valence-corrected chi connectivity index (χ2v) is 4.28. The predicted molar refractivity (Wildman–Crippen MR) is 61.2 cm³/mol. The maximum absolute atomic E-state index is 11.5. The zero-order chi connectivity index (χ0) is 13.6. The Kier molecular flexibility index (Phi) is 2.82. The number of rotatable bonds is 2. The molecule has 0 aromatic carbocycles. The maximum Gasteiger partial charge on any atom is 0.278 e. The second kappa shape index (κ2) is 4.38. The fourth-order valence-corrected chi connectivity index (χ4v) is 2.16. The maximum atomic E-state index is 11.5. The Morgan fingerprint density at radius 3 is 2.84 bits per heavy atom. The number of aromatic nitrogens is 4. The van der Waals surface area contributed by atoms with E-state index in [1.807, 2.05) is 0 Å². The van der Waals surface area contributed by atoms with Gasteiger partial charge in [0.25, 0.3) is 5.56 Å². The summed E-state index contributed by atoms with van der Waals surface area (Å²) in [6.07, 6.45) is -1.78. The first-order chi connectivity index (χ1) is 9.13. The van der Waals surface area contributed by atoms with Crippen molar-refractivity contribution in [1.82, 2.24) is 19.5 Å². The average Bonchev–Trinajstić information content (AvgIpc) is 2.94. The minimum atomic E-state index is -1.24. The summed E-state index contributed by atoms with van der Waals surface area (Å²) in [4.78, 5) is 21.8. The molecule has 1 fully saturated rings. The molecule has 0 radical (unpaired) electrons. The summed E-state index contributed by atoms with van der Waals surface area (Å²) >= 11 is 0. The molecule has 0 saturated carbocycles. The van der Waals surface area contributed by atoms with Gasteiger partial charge >= 0.3 is 0 Å². The second-order valence-electron chi connectivity index (χ2n) is 4.28. The summed E-state index contributed by atoms with van der Waals surface area (Å²) in [5.74, 6) is 0. The van der Waals surface area contributed by atoms with Crippen molar-refractivity contribution in [2.24, 2.45) is 0 Å². The van der Waals surface area contributed by atoms with Crippen LogP contribution >= 0.6 is 0 Å². The lowest BCUT2D eigenvalue weighted by molar-refractivity contribution is -0.0511. The molecule has 0 amide bonds. The fraction of sp³-hybridized carbons (Fsp3) is 0.500. The van der Waals surface area contributed by atoms with Gasteiger partial charge in [-0.3, -0.25) is 9.36 Å². The number of nitrogens with one attached hydrogen (secondary N) is 1. The molecule has 3 rings (SSSR count). The van der Waals surface area contributed by atoms with Crippen LogP contribution in [0.1, 0.15) is 6.23 Å². The number of aromatic amines is 1. The molecular formula is C10H12N4O5. The topological polar surface area (TPSA) is 133 Å². The van der Waals surface area contributed by atoms with Gasteiger partial charge in [-0.1, -0.05) is 0 Å². The highest BCUT2D eigenvalue weighted by Crippen LogP contribution is 2.30. The van der Waals surface area contributed by atoms with E-state index in [2.05, 4.69) is 15.0 Å². The molecular weight excluding hydrogens is 259 g/mol. The van der Waals surface area contributed by atoms with Crippen molar-refractivity contribution in [2.75, 3.05) is 6.61 Å². The Morgan fingerprint density at radius 2 is 2.16 bits per heavy atom. The van der Waals surface area contributed by atoms with E-state index in [0.717, 1.165) is 0 Å². The highest BCUT2D eigenvalue weighted by atomic mass is 16.6. The smallest absolute Gasteiger partial charge is 0.278 e. The number of hydrogen-bond donors (Lipinski definition) is 4. The molecule has 19 heavy (non-hydrogen) atoms. The summed E-state index contributed by atoms with van der Waals surface area (Å²) in [5, 5.41) is 28.6. The molecule has 9 heteroatoms. The van der Waals surface area contributed by atoms with E-state index in [0.29, 0.717) is 0 Å². The first kappa shape index (κ1) is 12.2. The van der Waals surface area contributed by atoms with Crippen molar-refractivity contribution in [2.45, 2.75) is 24.5 Å². The molecule has 1 aliphatic heterocycles. The van der Waals surface area contributed by atoms with Crippen molar-refractivity contribution < 1.29 is 20.1 Å². The van der Waals surface area contributed by atoms with E-state index < -0.39 is 36.7 Å². The Morgan fingerprint density at radius 1 is 1.37 bits per heavy atom. The van der Waals surface area contributed by atoms with Gasteiger partial charge < -0.3 is 25.0 Å². The van der Waals surface area contributed by atoms with Gasteiger partial charge in [-0.2, -0.15) is 0 Å². The summed E-state index contributed by atoms with van der Waals surface area (Å²) in [6.45, 7) is -0.421. The molecule has 1 saturated heterocycles. The van der Waals surface area contributed by atoms with Gasteiger partial charge in [0.2, 0.25) is 0 Å². The fourth-order valence-electron chi connectivity index (χ4n) is 2.16. The first-order valence-electron chi connectivity index (χ1n) is 5.66. The molecule has 2 aromatic rings. The van der Waals surface area contributed by atoms with Crippen LogP contribution in [0.15, 0.2) is 17.4 Å². The molecule has 4 N–H and O–H groups in total. The third-order valence-electron chi connectivity index (χ3n) is 3.16. The number of aliphatic hydroxyl groups is 3. The van der Waals surface area contributed by atoms with Crippen molar-refractivity contribution in [3.05, 3.63) is 23.0 Å². The van der Waals surface area contributed by atoms with Gasteiger partial charge in [-0.25, -0.2) is 9.97 Å². The summed E-state index contributed by atoms with van der Waals surface area (Å²) in [5.41, 5.74) is -0.0608. The van der Waals surface area contributed by atoms with Gasteiger partial charge in [-0.05, 0) is 0 Å². The number of H-pyrrole nitrogens is 1. The molecule has 102 valence electrons. The van der Waals surface area contributed by atoms with E-state index in [9.17, 15) is 15.0 Å². The highest BCUT2D eigenvalue weighted by Gasteiger charge is 2.43. The summed E-state index contributed by atoms with van der Waals surface area (Å²) < 4.78 is 6.70. The molecule has 2 aromatic heterocycles. The van der Waals surface area contributed by atoms with Crippen LogP contribution in [0.4, 0.5) is 0 Å². The van der Waals surface area contributed by atoms with Crippen LogP contribution in [0.3, 0.4) is 0 Å². The summed E-state index contributed by atoms with van der Waals surface area (Å²) in [6, 6.07) is 0. The van der Waals surface area contributed by atoms with Crippen molar-refractivity contribution in [3.8, 4) is 0 Å². The Bertz CT molecular complexity index is 653. The lowest BCUT2D eigenvalue weighted by Crippen LogP contribution is -2.33. The van der Waals surface area contributed by atoms with Gasteiger partial charge in [0, 0.05) is 0 Å². The SMILES string of the molecule is O=[13c]1[nH]cn[13c]2[13c]1ncn2[C@@H]1O[C@H](CO)[C@H](O)C1O. The van der Waals surface area contributed by atoms with Crippen molar-refractivity contribution >= 4 is 11.2 Å². The Balaban J connectivity index is 2.06. The van der Waals surface area contributed by atoms with Crippen LogP contribution in [0.25, 0.3) is 11.2 Å². The average molecular weight is 271 g/mol. The Hall–Kier alpha value is -1.81. The molecule has 1 aliphatic rings. The van der Waals surface area contributed by atoms with Crippen LogP contribution in [-0.4, -0.2) is 59.8 Å². The molecule has 1 unspecified atom stereocenters. The predicted octanol–water partition coefficient (Wildman–Crippen LogP) is -2.27. The Labute approximate surface area is 106 Å². The van der Waals surface area contributed by atoms with Crippen molar-refractivity contribution in [1.29, 1.82) is 0 Å². The normalized spacial score (nSPS) is 31.1. The van der Waals surface area contributed by atoms with E-state index in [4.69, 9.17) is 9.84 Å². The molecule has 0 bridgehead atoms. The number of hydrogen-bond acceptors (Lipinski definition) is 7. The number of ether oxygens (including phenoxy) is 1. The summed E-state index contributed by atoms with van der Waals surface area (Å²) in [7, 11) is 0. The minimum Gasteiger partial charge on any atom is -0.394 e.